The number of fused-ring (bicyclic) bond motifs is 5. The molecule has 0 amide bonds. The van der Waals surface area contributed by atoms with Crippen LogP contribution in [0.25, 0.3) is 22.3 Å². The van der Waals surface area contributed by atoms with Crippen molar-refractivity contribution >= 4 is 23.1 Å². The Hall–Kier alpha value is -1.59. The summed E-state index contributed by atoms with van der Waals surface area (Å²) in [5.74, 6) is 0. The molecule has 1 aliphatic rings. The van der Waals surface area contributed by atoms with E-state index in [1.165, 1.54) is 36.9 Å². The molecule has 2 N–H and O–H groups in total. The van der Waals surface area contributed by atoms with Gasteiger partial charge in [-0.3, -0.25) is 0 Å². The van der Waals surface area contributed by atoms with Gasteiger partial charge in [0.1, 0.15) is 0 Å². The molecule has 4 rings (SSSR count). The van der Waals surface area contributed by atoms with Crippen molar-refractivity contribution in [2.75, 3.05) is 13.2 Å². The standard InChI is InChI=1S/C20H19NOS2/c21-10-5-11-22-12-19-20-15-7-2-4-9-18(15)24-17-8-3-1-6-14(17)16(20)13-23-19/h1-4,6-9,13H,5,10-12,21H2. The number of benzene rings is 2. The summed E-state index contributed by atoms with van der Waals surface area (Å²) in [4.78, 5) is 3.93. The van der Waals surface area contributed by atoms with Crippen LogP contribution < -0.4 is 5.73 Å². The molecule has 0 spiro atoms. The van der Waals surface area contributed by atoms with Gasteiger partial charge in [0.25, 0.3) is 0 Å². The molecular formula is C20H19NOS2. The van der Waals surface area contributed by atoms with Crippen molar-refractivity contribution in [3.8, 4) is 22.3 Å². The van der Waals surface area contributed by atoms with E-state index in [4.69, 9.17) is 10.5 Å². The van der Waals surface area contributed by atoms with Crippen molar-refractivity contribution in [1.29, 1.82) is 0 Å². The second kappa shape index (κ2) is 7.11. The van der Waals surface area contributed by atoms with Gasteiger partial charge >= 0.3 is 0 Å². The van der Waals surface area contributed by atoms with Crippen LogP contribution in [0.15, 0.2) is 63.7 Å². The highest BCUT2D eigenvalue weighted by Gasteiger charge is 2.23. The first-order valence-electron chi connectivity index (χ1n) is 8.13. The number of ether oxygens (including phenoxy) is 1. The highest BCUT2D eigenvalue weighted by Crippen LogP contribution is 2.50. The molecule has 0 aliphatic carbocycles. The summed E-state index contributed by atoms with van der Waals surface area (Å²) < 4.78 is 5.85. The van der Waals surface area contributed by atoms with Crippen molar-refractivity contribution in [2.45, 2.75) is 22.8 Å². The zero-order chi connectivity index (χ0) is 16.4. The van der Waals surface area contributed by atoms with Gasteiger partial charge in [-0.2, -0.15) is 0 Å². The Morgan fingerprint density at radius 2 is 1.58 bits per heavy atom. The van der Waals surface area contributed by atoms with Crippen LogP contribution in [-0.2, 0) is 11.3 Å². The van der Waals surface area contributed by atoms with Crippen LogP contribution in [0, 0.1) is 0 Å². The molecule has 0 unspecified atom stereocenters. The maximum atomic E-state index is 5.85. The minimum atomic E-state index is 0.654. The van der Waals surface area contributed by atoms with Crippen LogP contribution in [0.2, 0.25) is 0 Å². The third kappa shape index (κ3) is 2.91. The quantitative estimate of drug-likeness (QED) is 0.487. The first-order chi connectivity index (χ1) is 11.9. The predicted octanol–water partition coefficient (Wildman–Crippen LogP) is 5.41. The van der Waals surface area contributed by atoms with Crippen LogP contribution in [-0.4, -0.2) is 13.2 Å². The number of hydrogen-bond acceptors (Lipinski definition) is 4. The molecule has 0 bridgehead atoms. The average molecular weight is 354 g/mol. The molecule has 4 heteroatoms. The van der Waals surface area contributed by atoms with Gasteiger partial charge in [-0.15, -0.1) is 11.3 Å². The molecule has 0 saturated heterocycles. The molecule has 1 aromatic heterocycles. The highest BCUT2D eigenvalue weighted by molar-refractivity contribution is 7.99. The van der Waals surface area contributed by atoms with Gasteiger partial charge in [-0.1, -0.05) is 48.2 Å². The maximum absolute atomic E-state index is 5.85. The fourth-order valence-corrected chi connectivity index (χ4v) is 5.10. The van der Waals surface area contributed by atoms with E-state index in [-0.39, 0.29) is 0 Å². The molecule has 2 aromatic carbocycles. The zero-order valence-electron chi connectivity index (χ0n) is 13.3. The minimum Gasteiger partial charge on any atom is -0.376 e. The number of thiophene rings is 1. The molecule has 1 aliphatic heterocycles. The molecule has 0 atom stereocenters. The summed E-state index contributed by atoms with van der Waals surface area (Å²) in [5.41, 5.74) is 10.8. The molecule has 3 aromatic rings. The van der Waals surface area contributed by atoms with E-state index in [1.807, 2.05) is 11.8 Å². The van der Waals surface area contributed by atoms with Gasteiger partial charge in [0, 0.05) is 32.4 Å². The van der Waals surface area contributed by atoms with Crippen LogP contribution in [0.4, 0.5) is 0 Å². The van der Waals surface area contributed by atoms with Crippen LogP contribution >= 0.6 is 23.1 Å². The first kappa shape index (κ1) is 15.9. The van der Waals surface area contributed by atoms with E-state index in [1.54, 1.807) is 11.3 Å². The smallest absolute Gasteiger partial charge is 0.0815 e. The lowest BCUT2D eigenvalue weighted by molar-refractivity contribution is 0.122. The zero-order valence-corrected chi connectivity index (χ0v) is 15.0. The van der Waals surface area contributed by atoms with Gasteiger partial charge in [0.15, 0.2) is 0 Å². The number of rotatable bonds is 5. The van der Waals surface area contributed by atoms with Gasteiger partial charge in [0.05, 0.1) is 6.61 Å². The Balaban J connectivity index is 1.81. The Bertz CT molecular complexity index is 856. The van der Waals surface area contributed by atoms with E-state index in [0.717, 1.165) is 13.0 Å². The van der Waals surface area contributed by atoms with E-state index in [2.05, 4.69) is 53.9 Å². The number of nitrogens with two attached hydrogens (primary N) is 1. The van der Waals surface area contributed by atoms with Gasteiger partial charge < -0.3 is 10.5 Å². The Morgan fingerprint density at radius 1 is 0.875 bits per heavy atom. The summed E-state index contributed by atoms with van der Waals surface area (Å²) in [5, 5.41) is 2.28. The normalized spacial score (nSPS) is 12.2. The highest BCUT2D eigenvalue weighted by atomic mass is 32.2. The van der Waals surface area contributed by atoms with Crippen molar-refractivity contribution in [1.82, 2.24) is 0 Å². The van der Waals surface area contributed by atoms with E-state index >= 15 is 0 Å². The molecule has 0 saturated carbocycles. The van der Waals surface area contributed by atoms with Crippen LogP contribution in [0.1, 0.15) is 11.3 Å². The maximum Gasteiger partial charge on any atom is 0.0815 e. The Morgan fingerprint density at radius 3 is 2.38 bits per heavy atom. The monoisotopic (exact) mass is 353 g/mol. The predicted molar refractivity (Wildman–Crippen MR) is 103 cm³/mol. The van der Waals surface area contributed by atoms with Crippen LogP contribution in [0.5, 0.6) is 0 Å². The van der Waals surface area contributed by atoms with Crippen molar-refractivity contribution in [3.05, 3.63) is 58.8 Å². The summed E-state index contributed by atoms with van der Waals surface area (Å²) in [6.07, 6.45) is 0.906. The molecule has 24 heavy (non-hydrogen) atoms. The summed E-state index contributed by atoms with van der Waals surface area (Å²) >= 11 is 3.65. The molecule has 2 heterocycles. The van der Waals surface area contributed by atoms with Crippen molar-refractivity contribution < 1.29 is 4.74 Å². The topological polar surface area (TPSA) is 35.2 Å². The Kier molecular flexibility index (Phi) is 4.72. The summed E-state index contributed by atoms with van der Waals surface area (Å²) in [6, 6.07) is 17.3. The first-order valence-corrected chi connectivity index (χ1v) is 9.83. The summed E-state index contributed by atoms with van der Waals surface area (Å²) in [6.45, 7) is 2.05. The second-order valence-electron chi connectivity index (χ2n) is 5.74. The minimum absolute atomic E-state index is 0.654. The van der Waals surface area contributed by atoms with Gasteiger partial charge in [0.2, 0.25) is 0 Å². The third-order valence-electron chi connectivity index (χ3n) is 4.15. The Labute approximate surface area is 150 Å². The average Bonchev–Trinajstić information content (AvgIpc) is 2.97. The summed E-state index contributed by atoms with van der Waals surface area (Å²) in [7, 11) is 0. The van der Waals surface area contributed by atoms with E-state index < -0.39 is 0 Å². The van der Waals surface area contributed by atoms with E-state index in [9.17, 15) is 0 Å². The lowest BCUT2D eigenvalue weighted by atomic mass is 9.97. The molecule has 0 radical (unpaired) electrons. The fraction of sp³-hybridized carbons (Fsp3) is 0.200. The van der Waals surface area contributed by atoms with Crippen molar-refractivity contribution in [3.63, 3.8) is 0 Å². The molecule has 122 valence electrons. The SMILES string of the molecule is NCCCOCc1scc2c1-c1ccccc1Sc1ccccc1-2. The van der Waals surface area contributed by atoms with Crippen LogP contribution in [0.3, 0.4) is 0 Å². The fourth-order valence-electron chi connectivity index (χ4n) is 3.01. The molecule has 2 nitrogen and oxygen atoms in total. The van der Waals surface area contributed by atoms with Crippen molar-refractivity contribution in [2.24, 2.45) is 5.73 Å². The van der Waals surface area contributed by atoms with Gasteiger partial charge in [-0.05, 0) is 41.6 Å². The lowest BCUT2D eigenvalue weighted by Gasteiger charge is -2.09. The van der Waals surface area contributed by atoms with E-state index in [0.29, 0.717) is 13.2 Å². The molecule has 0 fully saturated rings. The largest absolute Gasteiger partial charge is 0.376 e. The third-order valence-corrected chi connectivity index (χ3v) is 6.26. The second-order valence-corrected chi connectivity index (χ2v) is 7.78. The lowest BCUT2D eigenvalue weighted by Crippen LogP contribution is -2.04. The molecular weight excluding hydrogens is 334 g/mol. The number of hydrogen-bond donors (Lipinski definition) is 1. The van der Waals surface area contributed by atoms with Gasteiger partial charge in [-0.25, -0.2) is 0 Å².